The minimum Gasteiger partial charge on any atom is -0.392 e. The van der Waals surface area contributed by atoms with E-state index in [1.165, 1.54) is 4.68 Å². The average molecular weight is 242 g/mol. The van der Waals surface area contributed by atoms with Gasteiger partial charge in [-0.15, -0.1) is 0 Å². The molecule has 0 saturated carbocycles. The Hall–Kier alpha value is -1.63. The normalized spacial score (nSPS) is 12.8. The lowest BCUT2D eigenvalue weighted by Crippen LogP contribution is -2.17. The van der Waals surface area contributed by atoms with E-state index < -0.39 is 11.0 Å². The van der Waals surface area contributed by atoms with Crippen molar-refractivity contribution in [2.75, 3.05) is 11.9 Å². The fourth-order valence-electron chi connectivity index (χ4n) is 1.54. The smallest absolute Gasteiger partial charge is 0.334 e. The molecule has 1 rings (SSSR count). The Balaban J connectivity index is 3.14. The molecule has 0 bridgehead atoms. The number of nitrogens with one attached hydrogen (secondary N) is 1. The topological polar surface area (TPSA) is 93.2 Å². The van der Waals surface area contributed by atoms with Crippen LogP contribution in [0.3, 0.4) is 0 Å². The molecule has 0 aliphatic heterocycles. The molecule has 1 unspecified atom stereocenters. The molecule has 0 spiro atoms. The molecule has 1 atom stereocenters. The number of nitrogens with zero attached hydrogens (tertiary/aromatic N) is 3. The number of aliphatic hydroxyl groups is 1. The van der Waals surface area contributed by atoms with Crippen LogP contribution in [0.15, 0.2) is 0 Å². The first-order valence-electron chi connectivity index (χ1n) is 5.47. The third-order valence-electron chi connectivity index (χ3n) is 2.34. The van der Waals surface area contributed by atoms with Gasteiger partial charge in [0, 0.05) is 19.5 Å². The fraction of sp³-hybridized carbons (Fsp3) is 0.700. The zero-order valence-corrected chi connectivity index (χ0v) is 10.5. The van der Waals surface area contributed by atoms with E-state index in [9.17, 15) is 15.2 Å². The summed E-state index contributed by atoms with van der Waals surface area (Å²) in [6.45, 7) is 5.57. The van der Waals surface area contributed by atoms with Crippen molar-refractivity contribution in [3.63, 3.8) is 0 Å². The van der Waals surface area contributed by atoms with Crippen LogP contribution in [-0.4, -0.2) is 32.5 Å². The maximum Gasteiger partial charge on any atom is 0.334 e. The highest BCUT2D eigenvalue weighted by Crippen LogP contribution is 2.32. The van der Waals surface area contributed by atoms with E-state index in [4.69, 9.17) is 0 Å². The lowest BCUT2D eigenvalue weighted by atomic mass is 10.1. The van der Waals surface area contributed by atoms with E-state index in [2.05, 4.69) is 10.4 Å². The number of hydrogen-bond donors (Lipinski definition) is 2. The highest BCUT2D eigenvalue weighted by molar-refractivity contribution is 5.60. The second kappa shape index (κ2) is 5.13. The summed E-state index contributed by atoms with van der Waals surface area (Å²) in [5.41, 5.74) is 0.439. The zero-order valence-electron chi connectivity index (χ0n) is 10.5. The van der Waals surface area contributed by atoms with Gasteiger partial charge in [0.05, 0.1) is 11.0 Å². The number of aliphatic hydroxyl groups excluding tert-OH is 1. The Kier molecular flexibility index (Phi) is 4.06. The molecule has 0 aliphatic carbocycles. The molecule has 0 saturated heterocycles. The Morgan fingerprint density at radius 1 is 1.53 bits per heavy atom. The highest BCUT2D eigenvalue weighted by atomic mass is 16.6. The second-order valence-corrected chi connectivity index (χ2v) is 4.35. The maximum atomic E-state index is 11.1. The number of hydrogen-bond acceptors (Lipinski definition) is 5. The van der Waals surface area contributed by atoms with E-state index >= 15 is 0 Å². The Labute approximate surface area is 99.6 Å². The molecular formula is C10H18N4O3. The molecule has 0 radical (unpaired) electrons. The summed E-state index contributed by atoms with van der Waals surface area (Å²) in [7, 11) is 1.64. The molecule has 96 valence electrons. The zero-order chi connectivity index (χ0) is 13.2. The minimum atomic E-state index is -0.577. The third-order valence-corrected chi connectivity index (χ3v) is 2.34. The van der Waals surface area contributed by atoms with Crippen molar-refractivity contribution in [3.05, 3.63) is 15.8 Å². The van der Waals surface area contributed by atoms with Crippen LogP contribution in [0, 0.1) is 10.1 Å². The maximum absolute atomic E-state index is 11.1. The summed E-state index contributed by atoms with van der Waals surface area (Å²) in [4.78, 5) is 10.6. The monoisotopic (exact) mass is 242 g/mol. The van der Waals surface area contributed by atoms with Gasteiger partial charge in [-0.3, -0.25) is 10.1 Å². The number of nitro groups is 1. The molecule has 0 aromatic carbocycles. The van der Waals surface area contributed by atoms with Crippen molar-refractivity contribution in [1.82, 2.24) is 9.78 Å². The molecule has 7 nitrogen and oxygen atoms in total. The van der Waals surface area contributed by atoms with Crippen LogP contribution >= 0.6 is 0 Å². The number of aryl methyl sites for hydroxylation is 1. The van der Waals surface area contributed by atoms with Gasteiger partial charge in [-0.1, -0.05) is 13.8 Å². The third kappa shape index (κ3) is 2.94. The average Bonchev–Trinajstić information content (AvgIpc) is 2.52. The van der Waals surface area contributed by atoms with Crippen molar-refractivity contribution in [3.8, 4) is 0 Å². The standard InChI is InChI=1S/C10H18N4O3/c1-6(2)8-9(14(16)17)10(13(4)12-8)11-5-7(3)15/h6-7,11,15H,5H2,1-4H3. The molecule has 1 aromatic rings. The van der Waals surface area contributed by atoms with Gasteiger partial charge in [-0.25, -0.2) is 4.68 Å². The molecule has 0 aliphatic rings. The quantitative estimate of drug-likeness (QED) is 0.598. The summed E-state index contributed by atoms with van der Waals surface area (Å²) in [6, 6.07) is 0. The lowest BCUT2D eigenvalue weighted by Gasteiger charge is -2.07. The van der Waals surface area contributed by atoms with E-state index in [0.717, 1.165) is 0 Å². The van der Waals surface area contributed by atoms with Crippen molar-refractivity contribution >= 4 is 11.5 Å². The molecule has 1 heterocycles. The summed E-state index contributed by atoms with van der Waals surface area (Å²) in [6.07, 6.45) is -0.577. The van der Waals surface area contributed by atoms with Crippen molar-refractivity contribution in [1.29, 1.82) is 0 Å². The Morgan fingerprint density at radius 2 is 2.12 bits per heavy atom. The number of aromatic nitrogens is 2. The molecule has 17 heavy (non-hydrogen) atoms. The van der Waals surface area contributed by atoms with Crippen LogP contribution < -0.4 is 5.32 Å². The first-order chi connectivity index (χ1) is 7.84. The van der Waals surface area contributed by atoms with Gasteiger partial charge in [-0.2, -0.15) is 5.10 Å². The van der Waals surface area contributed by atoms with E-state index in [-0.39, 0.29) is 18.2 Å². The first-order valence-corrected chi connectivity index (χ1v) is 5.47. The summed E-state index contributed by atoms with van der Waals surface area (Å²) in [5, 5.41) is 27.2. The summed E-state index contributed by atoms with van der Waals surface area (Å²) >= 11 is 0. The second-order valence-electron chi connectivity index (χ2n) is 4.35. The molecule has 2 N–H and O–H groups in total. The predicted molar refractivity (Wildman–Crippen MR) is 64.1 cm³/mol. The van der Waals surface area contributed by atoms with Gasteiger partial charge in [0.25, 0.3) is 0 Å². The van der Waals surface area contributed by atoms with Crippen molar-refractivity contribution < 1.29 is 10.0 Å². The number of anilines is 1. The van der Waals surface area contributed by atoms with E-state index in [1.807, 2.05) is 13.8 Å². The van der Waals surface area contributed by atoms with Crippen LogP contribution in [0.4, 0.5) is 11.5 Å². The highest BCUT2D eigenvalue weighted by Gasteiger charge is 2.28. The minimum absolute atomic E-state index is 0.0110. The van der Waals surface area contributed by atoms with Gasteiger partial charge in [0.15, 0.2) is 0 Å². The van der Waals surface area contributed by atoms with E-state index in [0.29, 0.717) is 11.5 Å². The van der Waals surface area contributed by atoms with Crippen LogP contribution in [0.5, 0.6) is 0 Å². The molecular weight excluding hydrogens is 224 g/mol. The van der Waals surface area contributed by atoms with Crippen LogP contribution in [-0.2, 0) is 7.05 Å². The van der Waals surface area contributed by atoms with Gasteiger partial charge in [0.2, 0.25) is 5.82 Å². The largest absolute Gasteiger partial charge is 0.392 e. The Bertz CT molecular complexity index is 412. The van der Waals surface area contributed by atoms with Crippen LogP contribution in [0.1, 0.15) is 32.4 Å². The van der Waals surface area contributed by atoms with Crippen LogP contribution in [0.25, 0.3) is 0 Å². The summed E-state index contributed by atoms with van der Waals surface area (Å²) in [5.74, 6) is 0.309. The molecule has 0 amide bonds. The van der Waals surface area contributed by atoms with Gasteiger partial charge in [0.1, 0.15) is 5.69 Å². The van der Waals surface area contributed by atoms with Crippen molar-refractivity contribution in [2.45, 2.75) is 32.8 Å². The predicted octanol–water partition coefficient (Wildman–Crippen LogP) is 1.24. The van der Waals surface area contributed by atoms with Crippen molar-refractivity contribution in [2.24, 2.45) is 7.05 Å². The summed E-state index contributed by atoms with van der Waals surface area (Å²) < 4.78 is 1.44. The van der Waals surface area contributed by atoms with Gasteiger partial charge >= 0.3 is 5.69 Å². The van der Waals surface area contributed by atoms with Gasteiger partial charge < -0.3 is 10.4 Å². The number of rotatable bonds is 5. The lowest BCUT2D eigenvalue weighted by molar-refractivity contribution is -0.384. The first kappa shape index (κ1) is 13.4. The molecule has 1 aromatic heterocycles. The Morgan fingerprint density at radius 3 is 2.53 bits per heavy atom. The SMILES string of the molecule is CC(O)CNc1c([N+](=O)[O-])c(C(C)C)nn1C. The molecule has 7 heteroatoms. The van der Waals surface area contributed by atoms with Gasteiger partial charge in [-0.05, 0) is 6.92 Å². The van der Waals surface area contributed by atoms with Crippen LogP contribution in [0.2, 0.25) is 0 Å². The fourth-order valence-corrected chi connectivity index (χ4v) is 1.54. The van der Waals surface area contributed by atoms with E-state index in [1.54, 1.807) is 14.0 Å². The molecule has 0 fully saturated rings.